The first-order valence-electron chi connectivity index (χ1n) is 4.22. The molecule has 0 atom stereocenters. The van der Waals surface area contributed by atoms with Crippen LogP contribution < -0.4 is 5.73 Å². The van der Waals surface area contributed by atoms with E-state index in [9.17, 15) is 14.4 Å². The summed E-state index contributed by atoms with van der Waals surface area (Å²) in [6.07, 6.45) is -0.806. The molecule has 86 valence electrons. The number of amides is 1. The van der Waals surface area contributed by atoms with Crippen molar-refractivity contribution in [2.45, 2.75) is 6.42 Å². The summed E-state index contributed by atoms with van der Waals surface area (Å²) in [5, 5.41) is 15.4. The molecule has 1 amide bonds. The number of benzene rings is 1. The van der Waals surface area contributed by atoms with Gasteiger partial charge in [-0.2, -0.15) is 0 Å². The van der Waals surface area contributed by atoms with Crippen LogP contribution in [0.25, 0.3) is 0 Å². The first-order valence-corrected chi connectivity index (χ1v) is 4.22. The van der Waals surface area contributed by atoms with Gasteiger partial charge in [-0.05, 0) is 12.1 Å². The van der Waals surface area contributed by atoms with Crippen LogP contribution in [-0.2, 0) is 9.59 Å². The topological polar surface area (TPSA) is 118 Å². The molecule has 0 aliphatic rings. The molecule has 6 nitrogen and oxygen atoms in total. The Bertz CT molecular complexity index is 362. The largest absolute Gasteiger partial charge is 0.481 e. The lowest BCUT2D eigenvalue weighted by molar-refractivity contribution is -0.147. The number of hydrogen-bond donors (Lipinski definition) is 3. The average Bonchev–Trinajstić information content (AvgIpc) is 2.17. The van der Waals surface area contributed by atoms with E-state index in [1.54, 1.807) is 24.3 Å². The van der Waals surface area contributed by atoms with Gasteiger partial charge in [0.15, 0.2) is 0 Å². The lowest BCUT2D eigenvalue weighted by atomic mass is 10.2. The summed E-state index contributed by atoms with van der Waals surface area (Å²) in [6, 6.07) is 8.76. The lowest BCUT2D eigenvalue weighted by Gasteiger charge is -1.89. The van der Waals surface area contributed by atoms with Crippen LogP contribution in [0.1, 0.15) is 16.8 Å². The highest BCUT2D eigenvalue weighted by atomic mass is 16.4. The number of hydrogen-bond acceptors (Lipinski definition) is 3. The summed E-state index contributed by atoms with van der Waals surface area (Å²) < 4.78 is 0. The Balaban J connectivity index is 0.000000293. The molecule has 1 rings (SSSR count). The maximum absolute atomic E-state index is 10.4. The molecule has 0 radical (unpaired) electrons. The summed E-state index contributed by atoms with van der Waals surface area (Å²) >= 11 is 0. The Morgan fingerprint density at radius 2 is 1.44 bits per heavy atom. The van der Waals surface area contributed by atoms with E-state index >= 15 is 0 Å². The molecule has 6 heteroatoms. The van der Waals surface area contributed by atoms with Crippen LogP contribution in [0, 0.1) is 0 Å². The van der Waals surface area contributed by atoms with Gasteiger partial charge in [-0.1, -0.05) is 18.2 Å². The van der Waals surface area contributed by atoms with E-state index in [4.69, 9.17) is 15.9 Å². The molecular formula is C10H11NO5. The van der Waals surface area contributed by atoms with Crippen molar-refractivity contribution >= 4 is 17.8 Å². The molecule has 0 heterocycles. The van der Waals surface area contributed by atoms with Gasteiger partial charge >= 0.3 is 11.9 Å². The molecule has 0 bridgehead atoms. The molecule has 0 saturated heterocycles. The fraction of sp³-hybridized carbons (Fsp3) is 0.100. The van der Waals surface area contributed by atoms with E-state index in [1.165, 1.54) is 0 Å². The van der Waals surface area contributed by atoms with Crippen LogP contribution in [0.3, 0.4) is 0 Å². The molecule has 4 N–H and O–H groups in total. The third kappa shape index (κ3) is 7.07. The highest BCUT2D eigenvalue weighted by Gasteiger charge is 2.01. The normalized spacial score (nSPS) is 8.50. The first-order chi connectivity index (χ1) is 7.43. The van der Waals surface area contributed by atoms with Gasteiger partial charge in [0.05, 0.1) is 0 Å². The Morgan fingerprint density at radius 3 is 1.62 bits per heavy atom. The maximum Gasteiger partial charge on any atom is 0.314 e. The molecule has 0 unspecified atom stereocenters. The summed E-state index contributed by atoms with van der Waals surface area (Å²) in [5.41, 5.74) is 5.53. The molecule has 0 aliphatic carbocycles. The number of carbonyl (C=O) groups is 3. The van der Waals surface area contributed by atoms with Crippen LogP contribution in [0.4, 0.5) is 0 Å². The van der Waals surface area contributed by atoms with Crippen LogP contribution in [0.5, 0.6) is 0 Å². The molecule has 0 aromatic heterocycles. The van der Waals surface area contributed by atoms with Crippen molar-refractivity contribution in [1.82, 2.24) is 0 Å². The zero-order valence-electron chi connectivity index (χ0n) is 8.29. The number of carbonyl (C=O) groups excluding carboxylic acids is 1. The van der Waals surface area contributed by atoms with Crippen molar-refractivity contribution in [1.29, 1.82) is 0 Å². The summed E-state index contributed by atoms with van der Waals surface area (Å²) in [7, 11) is 0. The van der Waals surface area contributed by atoms with Crippen molar-refractivity contribution in [3.8, 4) is 0 Å². The molecular weight excluding hydrogens is 214 g/mol. The number of carboxylic acid groups (broad SMARTS) is 2. The van der Waals surface area contributed by atoms with Gasteiger partial charge in [0.1, 0.15) is 6.42 Å². The minimum atomic E-state index is -1.31. The van der Waals surface area contributed by atoms with E-state index in [1.807, 2.05) is 6.07 Å². The van der Waals surface area contributed by atoms with Crippen molar-refractivity contribution in [3.05, 3.63) is 35.9 Å². The Morgan fingerprint density at radius 1 is 1.00 bits per heavy atom. The fourth-order valence-corrected chi connectivity index (χ4v) is 0.732. The fourth-order valence-electron chi connectivity index (χ4n) is 0.732. The first kappa shape index (κ1) is 13.6. The number of primary amides is 1. The minimum absolute atomic E-state index is 0.379. The van der Waals surface area contributed by atoms with E-state index in [0.717, 1.165) is 0 Å². The third-order valence-electron chi connectivity index (χ3n) is 1.36. The molecule has 0 spiro atoms. The smallest absolute Gasteiger partial charge is 0.314 e. The van der Waals surface area contributed by atoms with Crippen LogP contribution in [0.15, 0.2) is 30.3 Å². The second-order valence-corrected chi connectivity index (χ2v) is 2.69. The van der Waals surface area contributed by atoms with E-state index in [2.05, 4.69) is 0 Å². The lowest BCUT2D eigenvalue weighted by Crippen LogP contribution is -2.09. The summed E-state index contributed by atoms with van der Waals surface area (Å²) in [6.45, 7) is 0. The predicted molar refractivity (Wildman–Crippen MR) is 54.8 cm³/mol. The van der Waals surface area contributed by atoms with Crippen molar-refractivity contribution in [2.75, 3.05) is 0 Å². The second kappa shape index (κ2) is 6.99. The molecule has 0 fully saturated rings. The summed E-state index contributed by atoms with van der Waals surface area (Å²) in [4.78, 5) is 29.3. The summed E-state index contributed by atoms with van der Waals surface area (Å²) in [5.74, 6) is -3.00. The average molecular weight is 225 g/mol. The number of rotatable bonds is 3. The van der Waals surface area contributed by atoms with Crippen LogP contribution in [-0.4, -0.2) is 28.1 Å². The second-order valence-electron chi connectivity index (χ2n) is 2.69. The van der Waals surface area contributed by atoms with Crippen molar-refractivity contribution < 1.29 is 24.6 Å². The van der Waals surface area contributed by atoms with Gasteiger partial charge in [0.2, 0.25) is 5.91 Å². The molecule has 0 aliphatic heterocycles. The monoisotopic (exact) mass is 225 g/mol. The predicted octanol–water partition coefficient (Wildman–Crippen LogP) is 0.331. The zero-order valence-corrected chi connectivity index (χ0v) is 8.29. The standard InChI is InChI=1S/C7H7NO.C3H4O4/c8-7(9)6-4-2-1-3-5-6;4-2(5)1-3(6)7/h1-5H,(H2,8,9);1H2,(H,4,5)(H,6,7). The van der Waals surface area contributed by atoms with Crippen LogP contribution >= 0.6 is 0 Å². The van der Waals surface area contributed by atoms with Crippen molar-refractivity contribution in [3.63, 3.8) is 0 Å². The molecule has 16 heavy (non-hydrogen) atoms. The number of carboxylic acids is 2. The van der Waals surface area contributed by atoms with Gasteiger partial charge in [-0.25, -0.2) is 0 Å². The van der Waals surface area contributed by atoms with Crippen LogP contribution in [0.2, 0.25) is 0 Å². The Labute approximate surface area is 91.3 Å². The minimum Gasteiger partial charge on any atom is -0.481 e. The van der Waals surface area contributed by atoms with Gasteiger partial charge in [-0.15, -0.1) is 0 Å². The van der Waals surface area contributed by atoms with Gasteiger partial charge in [0.25, 0.3) is 0 Å². The highest BCUT2D eigenvalue weighted by Crippen LogP contribution is 1.94. The molecule has 1 aromatic carbocycles. The number of aliphatic carboxylic acids is 2. The Hall–Kier alpha value is -2.37. The molecule has 0 saturated carbocycles. The van der Waals surface area contributed by atoms with E-state index < -0.39 is 18.4 Å². The van der Waals surface area contributed by atoms with Crippen molar-refractivity contribution in [2.24, 2.45) is 5.73 Å². The number of nitrogens with two attached hydrogens (primary N) is 1. The molecule has 1 aromatic rings. The maximum atomic E-state index is 10.4. The third-order valence-corrected chi connectivity index (χ3v) is 1.36. The quantitative estimate of drug-likeness (QED) is 0.640. The Kier molecular flexibility index (Phi) is 5.96. The highest BCUT2D eigenvalue weighted by molar-refractivity contribution is 5.92. The zero-order chi connectivity index (χ0) is 12.6. The van der Waals surface area contributed by atoms with Gasteiger partial charge < -0.3 is 15.9 Å². The van der Waals surface area contributed by atoms with Gasteiger partial charge in [0, 0.05) is 5.56 Å². The van der Waals surface area contributed by atoms with E-state index in [-0.39, 0.29) is 5.91 Å². The van der Waals surface area contributed by atoms with E-state index in [0.29, 0.717) is 5.56 Å². The van der Waals surface area contributed by atoms with Gasteiger partial charge in [-0.3, -0.25) is 14.4 Å². The SMILES string of the molecule is NC(=O)c1ccccc1.O=C(O)CC(=O)O.